The molecule has 0 saturated carbocycles. The number of rotatable bonds is 9. The summed E-state index contributed by atoms with van der Waals surface area (Å²) >= 11 is 2.01. The van der Waals surface area contributed by atoms with Crippen LogP contribution in [0.3, 0.4) is 0 Å². The first-order valence-corrected chi connectivity index (χ1v) is 8.87. The number of aromatic nitrogens is 1. The number of nitrogens with zero attached hydrogens (tertiary/aromatic N) is 1. The second-order valence-corrected chi connectivity index (χ2v) is 6.46. The van der Waals surface area contributed by atoms with E-state index in [2.05, 4.69) is 54.2 Å². The summed E-state index contributed by atoms with van der Waals surface area (Å²) in [6.07, 6.45) is 4.68. The van der Waals surface area contributed by atoms with Gasteiger partial charge in [-0.15, -0.1) is 0 Å². The summed E-state index contributed by atoms with van der Waals surface area (Å²) in [6.45, 7) is 7.74. The van der Waals surface area contributed by atoms with Crippen LogP contribution >= 0.6 is 11.8 Å². The first kappa shape index (κ1) is 15.5. The third-order valence-electron chi connectivity index (χ3n) is 3.55. The molecule has 3 heteroatoms. The Morgan fingerprint density at radius 3 is 2.80 bits per heavy atom. The first-order valence-electron chi connectivity index (χ1n) is 7.72. The van der Waals surface area contributed by atoms with E-state index >= 15 is 0 Å². The van der Waals surface area contributed by atoms with Crippen LogP contribution in [0.15, 0.2) is 30.5 Å². The largest absolute Gasteiger partial charge is 0.346 e. The van der Waals surface area contributed by atoms with Gasteiger partial charge >= 0.3 is 0 Å². The average molecular weight is 290 g/mol. The highest BCUT2D eigenvalue weighted by atomic mass is 32.2. The fourth-order valence-corrected chi connectivity index (χ4v) is 3.15. The second-order valence-electron chi connectivity index (χ2n) is 5.06. The third-order valence-corrected chi connectivity index (χ3v) is 4.43. The maximum absolute atomic E-state index is 3.50. The van der Waals surface area contributed by atoms with Crippen LogP contribution in [0.1, 0.15) is 25.8 Å². The van der Waals surface area contributed by atoms with Gasteiger partial charge in [0, 0.05) is 29.4 Å². The molecule has 0 bridgehead atoms. The Balaban J connectivity index is 2.09. The van der Waals surface area contributed by atoms with Crippen LogP contribution in [0.25, 0.3) is 10.9 Å². The smallest absolute Gasteiger partial charge is 0.0483 e. The zero-order valence-corrected chi connectivity index (χ0v) is 13.5. The highest BCUT2D eigenvalue weighted by Gasteiger charge is 2.07. The van der Waals surface area contributed by atoms with Crippen molar-refractivity contribution in [2.24, 2.45) is 0 Å². The van der Waals surface area contributed by atoms with Gasteiger partial charge in [0.1, 0.15) is 0 Å². The molecule has 2 nitrogen and oxygen atoms in total. The van der Waals surface area contributed by atoms with Crippen molar-refractivity contribution < 1.29 is 0 Å². The fourth-order valence-electron chi connectivity index (χ4n) is 2.54. The van der Waals surface area contributed by atoms with Crippen LogP contribution in [-0.2, 0) is 13.0 Å². The van der Waals surface area contributed by atoms with Crippen LogP contribution < -0.4 is 5.32 Å². The van der Waals surface area contributed by atoms with Crippen molar-refractivity contribution in [1.82, 2.24) is 9.88 Å². The molecule has 110 valence electrons. The SMILES string of the molecule is CCCNCCc1cn(CCSCC)c2ccccc12. The molecule has 1 heterocycles. The van der Waals surface area contributed by atoms with E-state index in [1.165, 1.54) is 34.4 Å². The van der Waals surface area contributed by atoms with Gasteiger partial charge in [-0.1, -0.05) is 32.0 Å². The molecule has 2 rings (SSSR count). The van der Waals surface area contributed by atoms with Gasteiger partial charge in [-0.05, 0) is 43.3 Å². The van der Waals surface area contributed by atoms with E-state index < -0.39 is 0 Å². The van der Waals surface area contributed by atoms with Crippen molar-refractivity contribution >= 4 is 22.7 Å². The zero-order chi connectivity index (χ0) is 14.2. The van der Waals surface area contributed by atoms with E-state index in [-0.39, 0.29) is 0 Å². The molecule has 0 amide bonds. The number of fused-ring (bicyclic) bond motifs is 1. The van der Waals surface area contributed by atoms with Crippen LogP contribution in [0.5, 0.6) is 0 Å². The van der Waals surface area contributed by atoms with Crippen molar-refractivity contribution in [3.8, 4) is 0 Å². The summed E-state index contributed by atoms with van der Waals surface area (Å²) in [4.78, 5) is 0. The number of hydrogen-bond acceptors (Lipinski definition) is 2. The van der Waals surface area contributed by atoms with E-state index in [0.29, 0.717) is 0 Å². The predicted molar refractivity (Wildman–Crippen MR) is 91.8 cm³/mol. The first-order chi connectivity index (χ1) is 9.86. The Bertz CT molecular complexity index is 519. The summed E-state index contributed by atoms with van der Waals surface area (Å²) in [5, 5.41) is 4.92. The number of hydrogen-bond donors (Lipinski definition) is 1. The van der Waals surface area contributed by atoms with E-state index in [0.717, 1.165) is 26.1 Å². The van der Waals surface area contributed by atoms with Crippen molar-refractivity contribution in [3.05, 3.63) is 36.0 Å². The van der Waals surface area contributed by atoms with Crippen molar-refractivity contribution in [3.63, 3.8) is 0 Å². The van der Waals surface area contributed by atoms with Crippen LogP contribution in [0.4, 0.5) is 0 Å². The average Bonchev–Trinajstić information content (AvgIpc) is 2.83. The van der Waals surface area contributed by atoms with Gasteiger partial charge in [0.25, 0.3) is 0 Å². The molecule has 0 aliphatic rings. The minimum absolute atomic E-state index is 1.07. The van der Waals surface area contributed by atoms with E-state index in [1.54, 1.807) is 0 Å². The molecule has 1 aromatic heterocycles. The van der Waals surface area contributed by atoms with E-state index in [1.807, 2.05) is 11.8 Å². The van der Waals surface area contributed by atoms with E-state index in [9.17, 15) is 0 Å². The Morgan fingerprint density at radius 2 is 2.00 bits per heavy atom. The third kappa shape index (κ3) is 4.03. The lowest BCUT2D eigenvalue weighted by atomic mass is 10.1. The van der Waals surface area contributed by atoms with Crippen LogP contribution in [0.2, 0.25) is 0 Å². The Hall–Kier alpha value is -0.930. The Labute approximate surface area is 126 Å². The number of thioether (sulfide) groups is 1. The van der Waals surface area contributed by atoms with Gasteiger partial charge in [-0.3, -0.25) is 0 Å². The molecular weight excluding hydrogens is 264 g/mol. The molecule has 1 N–H and O–H groups in total. The lowest BCUT2D eigenvalue weighted by molar-refractivity contribution is 0.671. The van der Waals surface area contributed by atoms with Gasteiger partial charge in [0.05, 0.1) is 0 Å². The normalized spacial score (nSPS) is 11.3. The summed E-state index contributed by atoms with van der Waals surface area (Å²) in [6, 6.07) is 8.80. The standard InChI is InChI=1S/C17H26N2S/c1-3-10-18-11-9-15-14-19(12-13-20-4-2)17-8-6-5-7-16(15)17/h5-8,14,18H,3-4,9-13H2,1-2H3. The molecule has 0 saturated heterocycles. The summed E-state index contributed by atoms with van der Waals surface area (Å²) < 4.78 is 2.42. The quantitative estimate of drug-likeness (QED) is 0.705. The number of para-hydroxylation sites is 1. The molecule has 2 aromatic rings. The molecule has 0 unspecified atom stereocenters. The summed E-state index contributed by atoms with van der Waals surface area (Å²) in [5.41, 5.74) is 2.86. The molecule has 0 fully saturated rings. The maximum atomic E-state index is 3.50. The number of aryl methyl sites for hydroxylation is 1. The van der Waals surface area contributed by atoms with Gasteiger partial charge < -0.3 is 9.88 Å². The van der Waals surface area contributed by atoms with Crippen molar-refractivity contribution in [2.75, 3.05) is 24.6 Å². The molecular formula is C17H26N2S. The van der Waals surface area contributed by atoms with Crippen LogP contribution in [-0.4, -0.2) is 29.2 Å². The number of nitrogens with one attached hydrogen (secondary N) is 1. The van der Waals surface area contributed by atoms with Crippen LogP contribution in [0, 0.1) is 0 Å². The lowest BCUT2D eigenvalue weighted by Crippen LogP contribution is -2.17. The highest BCUT2D eigenvalue weighted by molar-refractivity contribution is 7.99. The maximum Gasteiger partial charge on any atom is 0.0483 e. The van der Waals surface area contributed by atoms with Gasteiger partial charge in [-0.2, -0.15) is 11.8 Å². The molecule has 0 aliphatic carbocycles. The van der Waals surface area contributed by atoms with E-state index in [4.69, 9.17) is 0 Å². The molecule has 1 aromatic carbocycles. The van der Waals surface area contributed by atoms with Crippen molar-refractivity contribution in [1.29, 1.82) is 0 Å². The Morgan fingerprint density at radius 1 is 1.15 bits per heavy atom. The fraction of sp³-hybridized carbons (Fsp3) is 0.529. The monoisotopic (exact) mass is 290 g/mol. The zero-order valence-electron chi connectivity index (χ0n) is 12.7. The van der Waals surface area contributed by atoms with Gasteiger partial charge in [0.15, 0.2) is 0 Å². The minimum Gasteiger partial charge on any atom is -0.346 e. The summed E-state index contributed by atoms with van der Waals surface area (Å²) in [5.74, 6) is 2.40. The molecule has 0 radical (unpaired) electrons. The topological polar surface area (TPSA) is 17.0 Å². The second kappa shape index (κ2) is 8.38. The lowest BCUT2D eigenvalue weighted by Gasteiger charge is -2.03. The van der Waals surface area contributed by atoms with Gasteiger partial charge in [0.2, 0.25) is 0 Å². The predicted octanol–water partition coefficient (Wildman–Crippen LogP) is 3.94. The Kier molecular flexibility index (Phi) is 6.48. The number of benzene rings is 1. The summed E-state index contributed by atoms with van der Waals surface area (Å²) in [7, 11) is 0. The molecule has 0 aliphatic heterocycles. The highest BCUT2D eigenvalue weighted by Crippen LogP contribution is 2.22. The van der Waals surface area contributed by atoms with Crippen molar-refractivity contribution in [2.45, 2.75) is 33.2 Å². The molecule has 20 heavy (non-hydrogen) atoms. The minimum atomic E-state index is 1.07. The van der Waals surface area contributed by atoms with Gasteiger partial charge in [-0.25, -0.2) is 0 Å². The molecule has 0 atom stereocenters. The molecule has 0 spiro atoms.